The molecule has 0 spiro atoms. The van der Waals surface area contributed by atoms with Crippen LogP contribution in [0.4, 0.5) is 5.13 Å². The van der Waals surface area contributed by atoms with Crippen molar-refractivity contribution in [3.05, 3.63) is 83.2 Å². The highest BCUT2D eigenvalue weighted by molar-refractivity contribution is 7.09. The van der Waals surface area contributed by atoms with Crippen LogP contribution in [0.2, 0.25) is 0 Å². The standard InChI is InChI=1S/C24H26N4OS/c1-18-8-10-21(11-9-18)16-22-25-24(30-26-22)27-14-15-28(19(2)17-27)23(29)13-12-20-6-4-3-5-7-20/h3-13,19H,14-17H2,1-2H3. The van der Waals surface area contributed by atoms with Crippen molar-refractivity contribution in [3.8, 4) is 0 Å². The Morgan fingerprint density at radius 2 is 1.90 bits per heavy atom. The summed E-state index contributed by atoms with van der Waals surface area (Å²) in [4.78, 5) is 21.6. The van der Waals surface area contributed by atoms with Gasteiger partial charge in [0.1, 0.15) is 5.82 Å². The van der Waals surface area contributed by atoms with Crippen molar-refractivity contribution in [1.29, 1.82) is 0 Å². The second-order valence-electron chi connectivity index (χ2n) is 7.73. The lowest BCUT2D eigenvalue weighted by atomic mass is 10.1. The van der Waals surface area contributed by atoms with Gasteiger partial charge in [0, 0.05) is 49.7 Å². The number of hydrogen-bond acceptors (Lipinski definition) is 5. The zero-order chi connectivity index (χ0) is 20.9. The SMILES string of the molecule is Cc1ccc(Cc2nsc(N3CCN(C(=O)C=Cc4ccccc4)C(C)C3)n2)cc1. The Morgan fingerprint density at radius 3 is 2.63 bits per heavy atom. The van der Waals surface area contributed by atoms with Crippen molar-refractivity contribution in [1.82, 2.24) is 14.3 Å². The van der Waals surface area contributed by atoms with Crippen LogP contribution < -0.4 is 4.90 Å². The van der Waals surface area contributed by atoms with E-state index in [1.807, 2.05) is 41.3 Å². The van der Waals surface area contributed by atoms with Gasteiger partial charge in [-0.1, -0.05) is 60.2 Å². The van der Waals surface area contributed by atoms with Crippen LogP contribution in [0.15, 0.2) is 60.7 Å². The average Bonchev–Trinajstić information content (AvgIpc) is 3.23. The maximum absolute atomic E-state index is 12.7. The van der Waals surface area contributed by atoms with E-state index in [2.05, 4.69) is 47.4 Å². The van der Waals surface area contributed by atoms with Gasteiger partial charge in [0.05, 0.1) is 0 Å². The third kappa shape index (κ3) is 4.94. The summed E-state index contributed by atoms with van der Waals surface area (Å²) >= 11 is 1.45. The molecule has 0 saturated carbocycles. The van der Waals surface area contributed by atoms with Crippen LogP contribution in [0.5, 0.6) is 0 Å². The van der Waals surface area contributed by atoms with Crippen molar-refractivity contribution in [2.45, 2.75) is 26.3 Å². The van der Waals surface area contributed by atoms with E-state index in [-0.39, 0.29) is 11.9 Å². The Bertz CT molecular complexity index is 1010. The van der Waals surface area contributed by atoms with Gasteiger partial charge in [-0.05, 0) is 31.1 Å². The van der Waals surface area contributed by atoms with Crippen molar-refractivity contribution < 1.29 is 4.79 Å². The number of aromatic nitrogens is 2. The molecule has 1 aromatic heterocycles. The summed E-state index contributed by atoms with van der Waals surface area (Å²) in [6.07, 6.45) is 4.30. The van der Waals surface area contributed by atoms with Crippen LogP contribution in [0.3, 0.4) is 0 Å². The van der Waals surface area contributed by atoms with Crippen molar-refractivity contribution >= 4 is 28.6 Å². The zero-order valence-electron chi connectivity index (χ0n) is 17.4. The van der Waals surface area contributed by atoms with Crippen LogP contribution in [0.1, 0.15) is 29.4 Å². The molecule has 1 saturated heterocycles. The number of hydrogen-bond donors (Lipinski definition) is 0. The van der Waals surface area contributed by atoms with Crippen LogP contribution in [0, 0.1) is 6.92 Å². The molecular formula is C24H26N4OS. The zero-order valence-corrected chi connectivity index (χ0v) is 18.2. The summed E-state index contributed by atoms with van der Waals surface area (Å²) in [5, 5.41) is 0.941. The Hall–Kier alpha value is -2.99. The maximum atomic E-state index is 12.7. The highest BCUT2D eigenvalue weighted by Gasteiger charge is 2.28. The average molecular weight is 419 g/mol. The number of piperazine rings is 1. The first-order valence-electron chi connectivity index (χ1n) is 10.3. The molecular weight excluding hydrogens is 392 g/mol. The van der Waals surface area contributed by atoms with E-state index in [0.29, 0.717) is 6.54 Å². The summed E-state index contributed by atoms with van der Waals surface area (Å²) < 4.78 is 4.55. The molecule has 1 aliphatic heterocycles. The van der Waals surface area contributed by atoms with E-state index >= 15 is 0 Å². The van der Waals surface area contributed by atoms with Gasteiger partial charge in [-0.15, -0.1) is 0 Å². The van der Waals surface area contributed by atoms with E-state index in [0.717, 1.165) is 36.0 Å². The molecule has 154 valence electrons. The Morgan fingerprint density at radius 1 is 1.13 bits per heavy atom. The molecule has 0 N–H and O–H groups in total. The molecule has 0 aliphatic carbocycles. The molecule has 1 aliphatic rings. The monoisotopic (exact) mass is 418 g/mol. The minimum atomic E-state index is 0.0586. The molecule has 0 bridgehead atoms. The number of nitrogens with zero attached hydrogens (tertiary/aromatic N) is 4. The van der Waals surface area contributed by atoms with Crippen LogP contribution in [0.25, 0.3) is 6.08 Å². The fourth-order valence-corrected chi connectivity index (χ4v) is 4.34. The van der Waals surface area contributed by atoms with Gasteiger partial charge >= 0.3 is 0 Å². The molecule has 1 fully saturated rings. The van der Waals surface area contributed by atoms with Gasteiger partial charge < -0.3 is 9.80 Å². The lowest BCUT2D eigenvalue weighted by molar-refractivity contribution is -0.128. The molecule has 6 heteroatoms. The molecule has 5 nitrogen and oxygen atoms in total. The number of carbonyl (C=O) groups is 1. The van der Waals surface area contributed by atoms with Gasteiger partial charge in [-0.25, -0.2) is 4.98 Å². The maximum Gasteiger partial charge on any atom is 0.246 e. The Balaban J connectivity index is 1.35. The summed E-state index contributed by atoms with van der Waals surface area (Å²) in [6.45, 7) is 6.41. The number of anilines is 1. The van der Waals surface area contributed by atoms with Crippen molar-refractivity contribution in [3.63, 3.8) is 0 Å². The van der Waals surface area contributed by atoms with Gasteiger partial charge in [0.2, 0.25) is 11.0 Å². The van der Waals surface area contributed by atoms with E-state index in [9.17, 15) is 4.79 Å². The minimum absolute atomic E-state index is 0.0586. The third-order valence-corrected chi connectivity index (χ3v) is 6.15. The minimum Gasteiger partial charge on any atom is -0.343 e. The van der Waals surface area contributed by atoms with Gasteiger partial charge in [-0.3, -0.25) is 4.79 Å². The predicted molar refractivity (Wildman–Crippen MR) is 123 cm³/mol. The molecule has 2 heterocycles. The fraction of sp³-hybridized carbons (Fsp3) is 0.292. The molecule has 3 aromatic rings. The summed E-state index contributed by atoms with van der Waals surface area (Å²) in [6, 6.07) is 18.5. The first-order chi connectivity index (χ1) is 14.6. The molecule has 4 rings (SSSR count). The Kier molecular flexibility index (Phi) is 6.23. The first-order valence-corrected chi connectivity index (χ1v) is 11.0. The van der Waals surface area contributed by atoms with E-state index in [4.69, 9.17) is 4.98 Å². The summed E-state index contributed by atoms with van der Waals surface area (Å²) in [5.74, 6) is 0.916. The lowest BCUT2D eigenvalue weighted by Gasteiger charge is -2.39. The van der Waals surface area contributed by atoms with Gasteiger partial charge in [0.15, 0.2) is 0 Å². The van der Waals surface area contributed by atoms with Crippen molar-refractivity contribution in [2.24, 2.45) is 0 Å². The van der Waals surface area contributed by atoms with E-state index in [1.54, 1.807) is 6.08 Å². The second kappa shape index (κ2) is 9.22. The number of benzene rings is 2. The van der Waals surface area contributed by atoms with Crippen molar-refractivity contribution in [2.75, 3.05) is 24.5 Å². The molecule has 1 atom stereocenters. The third-order valence-electron chi connectivity index (χ3n) is 5.34. The smallest absolute Gasteiger partial charge is 0.246 e. The molecule has 0 radical (unpaired) electrons. The molecule has 2 aromatic carbocycles. The van der Waals surface area contributed by atoms with Crippen LogP contribution in [-0.2, 0) is 11.2 Å². The highest BCUT2D eigenvalue weighted by Crippen LogP contribution is 2.23. The highest BCUT2D eigenvalue weighted by atomic mass is 32.1. The van der Waals surface area contributed by atoms with Gasteiger partial charge in [0.25, 0.3) is 0 Å². The van der Waals surface area contributed by atoms with Crippen LogP contribution >= 0.6 is 11.5 Å². The normalized spacial score (nSPS) is 16.9. The largest absolute Gasteiger partial charge is 0.343 e. The predicted octanol–water partition coefficient (Wildman–Crippen LogP) is 4.19. The van der Waals surface area contributed by atoms with E-state index < -0.39 is 0 Å². The molecule has 30 heavy (non-hydrogen) atoms. The van der Waals surface area contributed by atoms with Gasteiger partial charge in [-0.2, -0.15) is 4.37 Å². The number of carbonyl (C=O) groups excluding carboxylic acids is 1. The fourth-order valence-electron chi connectivity index (χ4n) is 3.62. The lowest BCUT2D eigenvalue weighted by Crippen LogP contribution is -2.53. The number of aryl methyl sites for hydroxylation is 1. The number of rotatable bonds is 5. The Labute approximate surface area is 181 Å². The quantitative estimate of drug-likeness (QED) is 0.583. The summed E-state index contributed by atoms with van der Waals surface area (Å²) in [7, 11) is 0. The summed E-state index contributed by atoms with van der Waals surface area (Å²) in [5.41, 5.74) is 3.51. The molecule has 1 amide bonds. The number of amides is 1. The first kappa shape index (κ1) is 20.3. The van der Waals surface area contributed by atoms with E-state index in [1.165, 1.54) is 22.7 Å². The topological polar surface area (TPSA) is 49.3 Å². The van der Waals surface area contributed by atoms with Crippen LogP contribution in [-0.4, -0.2) is 45.8 Å². The molecule has 1 unspecified atom stereocenters. The second-order valence-corrected chi connectivity index (χ2v) is 8.46.